The van der Waals surface area contributed by atoms with Crippen molar-refractivity contribution in [2.75, 3.05) is 0 Å². The van der Waals surface area contributed by atoms with Gasteiger partial charge >= 0.3 is 5.97 Å². The van der Waals surface area contributed by atoms with E-state index in [-0.39, 0.29) is 11.3 Å². The predicted octanol–water partition coefficient (Wildman–Crippen LogP) is 2.61. The lowest BCUT2D eigenvalue weighted by Gasteiger charge is -2.11. The van der Waals surface area contributed by atoms with Crippen LogP contribution < -0.4 is 4.40 Å². The third kappa shape index (κ3) is 1.98. The molecule has 21 heavy (non-hydrogen) atoms. The molecule has 2 N–H and O–H groups in total. The lowest BCUT2D eigenvalue weighted by Crippen LogP contribution is -2.25. The average molecular weight is 286 g/mol. The van der Waals surface area contributed by atoms with Crippen LogP contribution in [0.5, 0.6) is 5.75 Å². The Hall–Kier alpha value is -2.69. The summed E-state index contributed by atoms with van der Waals surface area (Å²) in [6.07, 6.45) is 1.76. The number of aromatic hydroxyl groups is 1. The molecule has 0 aliphatic heterocycles. The molecule has 2 heterocycles. The maximum Gasteiger partial charge on any atom is 0.311 e. The second-order valence-corrected chi connectivity index (χ2v) is 4.94. The molecule has 3 rings (SSSR count). The Balaban J connectivity index is 2.54. The minimum atomic E-state index is -1.05. The molecule has 1 aromatic carbocycles. The Labute approximate surface area is 119 Å². The van der Waals surface area contributed by atoms with Gasteiger partial charge in [-0.25, -0.2) is 4.39 Å². The van der Waals surface area contributed by atoms with Gasteiger partial charge in [0.2, 0.25) is 11.0 Å². The molecule has 1 unspecified atom stereocenters. The van der Waals surface area contributed by atoms with Crippen LogP contribution in [0.15, 0.2) is 42.6 Å². The van der Waals surface area contributed by atoms with Gasteiger partial charge in [0.15, 0.2) is 6.20 Å². The number of aromatic nitrogens is 1. The third-order valence-corrected chi connectivity index (χ3v) is 3.67. The number of pyridine rings is 2. The number of nitrogens with zero attached hydrogens (tertiary/aromatic N) is 1. The normalized spacial score (nSPS) is 12.7. The smallest absolute Gasteiger partial charge is 0.311 e. The van der Waals surface area contributed by atoms with E-state index in [1.54, 1.807) is 34.9 Å². The molecule has 0 fully saturated rings. The molecule has 4 nitrogen and oxygen atoms in total. The van der Waals surface area contributed by atoms with Crippen LogP contribution in [0.1, 0.15) is 18.4 Å². The zero-order valence-electron chi connectivity index (χ0n) is 11.2. The summed E-state index contributed by atoms with van der Waals surface area (Å²) in [6.45, 7) is 1.50. The molecule has 0 bridgehead atoms. The number of aliphatic carboxylic acids is 1. The Morgan fingerprint density at radius 1 is 1.24 bits per heavy atom. The maximum atomic E-state index is 13.5. The highest BCUT2D eigenvalue weighted by Crippen LogP contribution is 2.34. The number of hydrogen-bond acceptors (Lipinski definition) is 2. The van der Waals surface area contributed by atoms with Crippen molar-refractivity contribution in [2.45, 2.75) is 12.8 Å². The van der Waals surface area contributed by atoms with Crippen LogP contribution in [0, 0.1) is 5.82 Å². The van der Waals surface area contributed by atoms with E-state index in [0.29, 0.717) is 16.4 Å². The van der Waals surface area contributed by atoms with Gasteiger partial charge in [0.05, 0.1) is 16.9 Å². The molecule has 3 aromatic rings. The SMILES string of the molecule is CC(C(=O)O)c1c(O)c2cc(F)ccc2[n+]2ccccc12. The number of carboxylic acids is 1. The molecule has 5 heteroatoms. The monoisotopic (exact) mass is 286 g/mol. The zero-order valence-corrected chi connectivity index (χ0v) is 11.2. The van der Waals surface area contributed by atoms with Crippen molar-refractivity contribution in [2.24, 2.45) is 0 Å². The Kier molecular flexibility index (Phi) is 2.97. The molecule has 0 amide bonds. The van der Waals surface area contributed by atoms with E-state index in [1.807, 2.05) is 0 Å². The van der Waals surface area contributed by atoms with Crippen molar-refractivity contribution in [3.63, 3.8) is 0 Å². The number of rotatable bonds is 2. The number of carbonyl (C=O) groups is 1. The van der Waals surface area contributed by atoms with Crippen LogP contribution in [0.2, 0.25) is 0 Å². The van der Waals surface area contributed by atoms with Gasteiger partial charge < -0.3 is 10.2 Å². The van der Waals surface area contributed by atoms with Crippen LogP contribution in [0.25, 0.3) is 16.4 Å². The van der Waals surface area contributed by atoms with Gasteiger partial charge in [0.25, 0.3) is 0 Å². The van der Waals surface area contributed by atoms with E-state index in [2.05, 4.69) is 0 Å². The molecule has 106 valence electrons. The number of halogens is 1. The summed E-state index contributed by atoms with van der Waals surface area (Å²) in [5.74, 6) is -2.63. The minimum Gasteiger partial charge on any atom is -0.506 e. The molecule has 0 aliphatic rings. The molecule has 0 saturated heterocycles. The largest absolute Gasteiger partial charge is 0.506 e. The first-order valence-electron chi connectivity index (χ1n) is 6.48. The minimum absolute atomic E-state index is 0.189. The fourth-order valence-electron chi connectivity index (χ4n) is 2.60. The number of hydrogen-bond donors (Lipinski definition) is 2. The number of fused-ring (bicyclic) bond motifs is 3. The summed E-state index contributed by atoms with van der Waals surface area (Å²) in [7, 11) is 0. The summed E-state index contributed by atoms with van der Waals surface area (Å²) < 4.78 is 15.2. The quantitative estimate of drug-likeness (QED) is 0.562. The number of benzene rings is 1. The topological polar surface area (TPSA) is 61.6 Å². The molecule has 0 aliphatic carbocycles. The molecule has 0 radical (unpaired) electrons. The van der Waals surface area contributed by atoms with Crippen molar-refractivity contribution in [3.05, 3.63) is 54.0 Å². The lowest BCUT2D eigenvalue weighted by atomic mass is 9.96. The van der Waals surface area contributed by atoms with E-state index in [1.165, 1.54) is 19.1 Å². The summed E-state index contributed by atoms with van der Waals surface area (Å²) in [5, 5.41) is 20.0. The number of carboxylic acid groups (broad SMARTS) is 1. The Morgan fingerprint density at radius 2 is 2.00 bits per heavy atom. The van der Waals surface area contributed by atoms with E-state index in [0.717, 1.165) is 0 Å². The van der Waals surface area contributed by atoms with Crippen molar-refractivity contribution < 1.29 is 23.8 Å². The average Bonchev–Trinajstić information content (AvgIpc) is 2.47. The van der Waals surface area contributed by atoms with E-state index in [4.69, 9.17) is 0 Å². The van der Waals surface area contributed by atoms with Gasteiger partial charge in [-0.15, -0.1) is 0 Å². The highest BCUT2D eigenvalue weighted by Gasteiger charge is 2.28. The van der Waals surface area contributed by atoms with Crippen LogP contribution in [-0.4, -0.2) is 16.2 Å². The van der Waals surface area contributed by atoms with E-state index in [9.17, 15) is 19.4 Å². The molecular formula is C16H13FNO3+. The highest BCUT2D eigenvalue weighted by atomic mass is 19.1. The fourth-order valence-corrected chi connectivity index (χ4v) is 2.60. The molecule has 0 spiro atoms. The van der Waals surface area contributed by atoms with Gasteiger partial charge in [0, 0.05) is 18.2 Å². The lowest BCUT2D eigenvalue weighted by molar-refractivity contribution is -0.482. The van der Waals surface area contributed by atoms with Gasteiger partial charge in [-0.2, -0.15) is 4.40 Å². The predicted molar refractivity (Wildman–Crippen MR) is 74.8 cm³/mol. The van der Waals surface area contributed by atoms with Crippen LogP contribution in [0.3, 0.4) is 0 Å². The van der Waals surface area contributed by atoms with Crippen molar-refractivity contribution >= 4 is 22.4 Å². The van der Waals surface area contributed by atoms with Crippen molar-refractivity contribution in [3.8, 4) is 5.75 Å². The Morgan fingerprint density at radius 3 is 2.71 bits per heavy atom. The van der Waals surface area contributed by atoms with Gasteiger partial charge in [-0.3, -0.25) is 4.79 Å². The maximum absolute atomic E-state index is 13.5. The summed E-state index contributed by atoms with van der Waals surface area (Å²) >= 11 is 0. The first-order chi connectivity index (χ1) is 10.0. The van der Waals surface area contributed by atoms with Gasteiger partial charge in [-0.05, 0) is 25.1 Å². The first-order valence-corrected chi connectivity index (χ1v) is 6.48. The van der Waals surface area contributed by atoms with Crippen LogP contribution in [-0.2, 0) is 4.79 Å². The molecule has 2 aromatic heterocycles. The van der Waals surface area contributed by atoms with Crippen LogP contribution >= 0.6 is 0 Å². The fraction of sp³-hybridized carbons (Fsp3) is 0.125. The molecule has 1 atom stereocenters. The highest BCUT2D eigenvalue weighted by molar-refractivity contribution is 5.90. The third-order valence-electron chi connectivity index (χ3n) is 3.67. The molecule has 0 saturated carbocycles. The van der Waals surface area contributed by atoms with E-state index < -0.39 is 17.7 Å². The second kappa shape index (κ2) is 4.70. The van der Waals surface area contributed by atoms with E-state index >= 15 is 0 Å². The van der Waals surface area contributed by atoms with Gasteiger partial charge in [0.1, 0.15) is 11.6 Å². The summed E-state index contributed by atoms with van der Waals surface area (Å²) in [5.41, 5.74) is 1.48. The van der Waals surface area contributed by atoms with Gasteiger partial charge in [-0.1, -0.05) is 0 Å². The van der Waals surface area contributed by atoms with Crippen molar-refractivity contribution in [1.82, 2.24) is 0 Å². The summed E-state index contributed by atoms with van der Waals surface area (Å²) in [6, 6.07) is 9.37. The van der Waals surface area contributed by atoms with Crippen molar-refractivity contribution in [1.29, 1.82) is 0 Å². The summed E-state index contributed by atoms with van der Waals surface area (Å²) in [4.78, 5) is 11.3. The zero-order chi connectivity index (χ0) is 15.1. The Bertz CT molecular complexity index is 876. The standard InChI is InChI=1S/C16H12FNO3/c1-9(16(20)21)14-13-4-2-3-7-18(13)12-6-5-10(17)8-11(12)15(14)19/h2-9H,1H3,(H,20,21)/p+1. The van der Waals surface area contributed by atoms with Crippen LogP contribution in [0.4, 0.5) is 4.39 Å². The first kappa shape index (κ1) is 13.3. The second-order valence-electron chi connectivity index (χ2n) is 4.94. The molecular weight excluding hydrogens is 273 g/mol.